The van der Waals surface area contributed by atoms with Gasteiger partial charge in [0.15, 0.2) is 0 Å². The molecule has 1 aliphatic heterocycles. The van der Waals surface area contributed by atoms with Crippen molar-refractivity contribution in [3.8, 4) is 16.9 Å². The molecule has 5 heteroatoms. The normalized spacial score (nSPS) is 15.6. The molecule has 0 N–H and O–H groups in total. The zero-order chi connectivity index (χ0) is 22.0. The highest BCUT2D eigenvalue weighted by Gasteiger charge is 2.33. The molecule has 33 heavy (non-hydrogen) atoms. The minimum atomic E-state index is 0.0529. The van der Waals surface area contributed by atoms with Gasteiger partial charge in [0.25, 0.3) is 0 Å². The summed E-state index contributed by atoms with van der Waals surface area (Å²) in [6.45, 7) is 0. The summed E-state index contributed by atoms with van der Waals surface area (Å²) in [4.78, 5) is 1.22. The first-order chi connectivity index (χ1) is 16.4. The van der Waals surface area contributed by atoms with Crippen LogP contribution in [0.3, 0.4) is 0 Å². The smallest absolute Gasteiger partial charge is 0.0981 e. The van der Waals surface area contributed by atoms with Crippen LogP contribution >= 0.6 is 11.3 Å². The molecule has 1 aliphatic rings. The van der Waals surface area contributed by atoms with E-state index >= 15 is 0 Å². The fraction of sp³-hybridized carbons (Fsp3) is 0.0714. The highest BCUT2D eigenvalue weighted by atomic mass is 32.1. The van der Waals surface area contributed by atoms with Crippen molar-refractivity contribution >= 4 is 22.7 Å². The van der Waals surface area contributed by atoms with Crippen molar-refractivity contribution in [2.24, 2.45) is 5.10 Å². The van der Waals surface area contributed by atoms with Gasteiger partial charge < -0.3 is 0 Å². The molecule has 1 unspecified atom stereocenters. The van der Waals surface area contributed by atoms with Crippen LogP contribution < -0.4 is 5.01 Å². The zero-order valence-electron chi connectivity index (χ0n) is 18.0. The summed E-state index contributed by atoms with van der Waals surface area (Å²) in [6, 6.07) is 35.4. The molecule has 0 saturated carbocycles. The summed E-state index contributed by atoms with van der Waals surface area (Å²) in [5, 5.41) is 14.4. The van der Waals surface area contributed by atoms with Crippen LogP contribution in [0.5, 0.6) is 0 Å². The maximum absolute atomic E-state index is 5.10. The Morgan fingerprint density at radius 1 is 0.727 bits per heavy atom. The molecule has 0 fully saturated rings. The van der Waals surface area contributed by atoms with Gasteiger partial charge in [0.2, 0.25) is 0 Å². The molecular formula is C28H22N4S. The van der Waals surface area contributed by atoms with Crippen LogP contribution in [0.1, 0.15) is 22.9 Å². The number of hydrazone groups is 1. The summed E-state index contributed by atoms with van der Waals surface area (Å²) in [7, 11) is 0. The first-order valence-electron chi connectivity index (χ1n) is 11.0. The molecule has 0 bridgehead atoms. The maximum Gasteiger partial charge on any atom is 0.0981 e. The molecule has 3 aromatic carbocycles. The average Bonchev–Trinajstić information content (AvgIpc) is 3.65. The number of thiophene rings is 1. The van der Waals surface area contributed by atoms with E-state index in [1.54, 1.807) is 11.3 Å². The first-order valence-corrected chi connectivity index (χ1v) is 11.9. The number of hydrogen-bond acceptors (Lipinski definition) is 4. The van der Waals surface area contributed by atoms with Gasteiger partial charge in [-0.3, -0.25) is 5.01 Å². The van der Waals surface area contributed by atoms with Gasteiger partial charge in [-0.05, 0) is 35.7 Å². The number of rotatable bonds is 5. The second kappa shape index (κ2) is 8.52. The van der Waals surface area contributed by atoms with Crippen molar-refractivity contribution in [3.63, 3.8) is 0 Å². The zero-order valence-corrected chi connectivity index (χ0v) is 18.8. The second-order valence-electron chi connectivity index (χ2n) is 8.00. The van der Waals surface area contributed by atoms with Gasteiger partial charge >= 0.3 is 0 Å². The number of benzene rings is 3. The molecule has 4 nitrogen and oxygen atoms in total. The van der Waals surface area contributed by atoms with Crippen molar-refractivity contribution < 1.29 is 0 Å². The largest absolute Gasteiger partial charge is 0.257 e. The third kappa shape index (κ3) is 3.77. The molecule has 2 aromatic heterocycles. The minimum Gasteiger partial charge on any atom is -0.257 e. The molecule has 6 rings (SSSR count). The SMILES string of the molecule is c1ccc(-c2nn(-c3ccccc3)cc2C2CC(c3cccs3)=NN2c2ccccc2)cc1. The van der Waals surface area contributed by atoms with Crippen molar-refractivity contribution in [2.75, 3.05) is 5.01 Å². The van der Waals surface area contributed by atoms with Gasteiger partial charge in [-0.1, -0.05) is 72.8 Å². The third-order valence-corrected chi connectivity index (χ3v) is 6.83. The summed E-state index contributed by atoms with van der Waals surface area (Å²) >= 11 is 1.74. The minimum absolute atomic E-state index is 0.0529. The van der Waals surface area contributed by atoms with Crippen LogP contribution in [0.4, 0.5) is 5.69 Å². The fourth-order valence-corrected chi connectivity index (χ4v) is 5.05. The lowest BCUT2D eigenvalue weighted by Gasteiger charge is -2.23. The summed E-state index contributed by atoms with van der Waals surface area (Å²) < 4.78 is 1.99. The summed E-state index contributed by atoms with van der Waals surface area (Å²) in [5.41, 5.74) is 6.52. The van der Waals surface area contributed by atoms with Crippen LogP contribution in [-0.4, -0.2) is 15.5 Å². The van der Waals surface area contributed by atoms with E-state index in [2.05, 4.69) is 89.4 Å². The van der Waals surface area contributed by atoms with E-state index in [0.717, 1.165) is 34.8 Å². The lowest BCUT2D eigenvalue weighted by atomic mass is 9.98. The van der Waals surface area contributed by atoms with Crippen molar-refractivity contribution in [2.45, 2.75) is 12.5 Å². The molecule has 1 atom stereocenters. The number of hydrogen-bond donors (Lipinski definition) is 0. The predicted molar refractivity (Wildman–Crippen MR) is 136 cm³/mol. The van der Waals surface area contributed by atoms with E-state index in [1.807, 2.05) is 35.0 Å². The highest BCUT2D eigenvalue weighted by molar-refractivity contribution is 7.12. The average molecular weight is 447 g/mol. The monoisotopic (exact) mass is 446 g/mol. The summed E-state index contributed by atoms with van der Waals surface area (Å²) in [5.74, 6) is 0. The Morgan fingerprint density at radius 3 is 2.06 bits per heavy atom. The molecule has 0 spiro atoms. The molecule has 3 heterocycles. The number of anilines is 1. The van der Waals surface area contributed by atoms with E-state index < -0.39 is 0 Å². The van der Waals surface area contributed by atoms with Crippen LogP contribution in [0.25, 0.3) is 16.9 Å². The van der Waals surface area contributed by atoms with Gasteiger partial charge in [-0.25, -0.2) is 4.68 Å². The molecule has 0 radical (unpaired) electrons. The van der Waals surface area contributed by atoms with Crippen LogP contribution in [-0.2, 0) is 0 Å². The van der Waals surface area contributed by atoms with Crippen LogP contribution in [0.2, 0.25) is 0 Å². The van der Waals surface area contributed by atoms with Crippen molar-refractivity contribution in [1.29, 1.82) is 0 Å². The number of para-hydroxylation sites is 2. The Hall–Kier alpha value is -3.96. The van der Waals surface area contributed by atoms with E-state index in [0.29, 0.717) is 0 Å². The molecule has 0 saturated heterocycles. The Kier molecular flexibility index (Phi) is 5.09. The van der Waals surface area contributed by atoms with E-state index in [9.17, 15) is 0 Å². The predicted octanol–water partition coefficient (Wildman–Crippen LogP) is 6.96. The quantitative estimate of drug-likeness (QED) is 0.292. The van der Waals surface area contributed by atoms with Gasteiger partial charge in [0, 0.05) is 23.7 Å². The second-order valence-corrected chi connectivity index (χ2v) is 8.95. The standard InChI is InChI=1S/C28H22N4S/c1-4-11-21(12-5-1)28-24(20-31(30-28)22-13-6-2-7-14-22)26-19-25(27-17-10-18-33-27)29-32(26)23-15-8-3-9-16-23/h1-18,20,26H,19H2. The Labute approximate surface area is 197 Å². The van der Waals surface area contributed by atoms with Gasteiger partial charge in [-0.15, -0.1) is 11.3 Å². The van der Waals surface area contributed by atoms with E-state index in [1.165, 1.54) is 10.4 Å². The molecule has 0 aliphatic carbocycles. The van der Waals surface area contributed by atoms with Gasteiger partial charge in [0.1, 0.15) is 0 Å². The molecule has 0 amide bonds. The first kappa shape index (κ1) is 19.7. The van der Waals surface area contributed by atoms with E-state index in [4.69, 9.17) is 10.2 Å². The van der Waals surface area contributed by atoms with Crippen molar-refractivity contribution in [3.05, 3.63) is 125 Å². The van der Waals surface area contributed by atoms with Gasteiger partial charge in [0.05, 0.1) is 33.7 Å². The third-order valence-electron chi connectivity index (χ3n) is 5.91. The Bertz CT molecular complexity index is 1370. The Morgan fingerprint density at radius 2 is 1.39 bits per heavy atom. The van der Waals surface area contributed by atoms with Crippen LogP contribution in [0, 0.1) is 0 Å². The molecular weight excluding hydrogens is 424 g/mol. The van der Waals surface area contributed by atoms with Gasteiger partial charge in [-0.2, -0.15) is 10.2 Å². The number of nitrogens with zero attached hydrogens (tertiary/aromatic N) is 4. The molecule has 160 valence electrons. The van der Waals surface area contributed by atoms with Crippen molar-refractivity contribution in [1.82, 2.24) is 9.78 Å². The fourth-order valence-electron chi connectivity index (χ4n) is 4.33. The Balaban J connectivity index is 1.50. The maximum atomic E-state index is 5.10. The molecule has 5 aromatic rings. The summed E-state index contributed by atoms with van der Waals surface area (Å²) in [6.07, 6.45) is 3.00. The topological polar surface area (TPSA) is 33.4 Å². The highest BCUT2D eigenvalue weighted by Crippen LogP contribution is 2.41. The lowest BCUT2D eigenvalue weighted by molar-refractivity contribution is 0.710. The van der Waals surface area contributed by atoms with Crippen LogP contribution in [0.15, 0.2) is 120 Å². The van der Waals surface area contributed by atoms with E-state index in [-0.39, 0.29) is 6.04 Å². The number of aromatic nitrogens is 2. The lowest BCUT2D eigenvalue weighted by Crippen LogP contribution is -2.18.